The fourth-order valence-corrected chi connectivity index (χ4v) is 3.44. The monoisotopic (exact) mass is 357 g/mol. The number of ether oxygens (including phenoxy) is 1. The molecule has 0 heterocycles. The summed E-state index contributed by atoms with van der Waals surface area (Å²) in [6.07, 6.45) is 1.05. The number of amides is 1. The van der Waals surface area contributed by atoms with Crippen LogP contribution < -0.4 is 10.1 Å². The quantitative estimate of drug-likeness (QED) is 0.646. The van der Waals surface area contributed by atoms with Gasteiger partial charge >= 0.3 is 0 Å². The highest BCUT2D eigenvalue weighted by Gasteiger charge is 2.11. The van der Waals surface area contributed by atoms with E-state index in [9.17, 15) is 4.79 Å². The Labute approximate surface area is 155 Å². The Balaban J connectivity index is 1.90. The normalized spacial score (nSPS) is 11.8. The van der Waals surface area contributed by atoms with E-state index in [0.717, 1.165) is 29.2 Å². The zero-order chi connectivity index (χ0) is 18.1. The highest BCUT2D eigenvalue weighted by atomic mass is 32.2. The topological polar surface area (TPSA) is 38.3 Å². The number of para-hydroxylation sites is 2. The zero-order valence-electron chi connectivity index (χ0n) is 15.2. The van der Waals surface area contributed by atoms with Gasteiger partial charge in [0.05, 0.1) is 12.4 Å². The molecule has 0 saturated heterocycles. The molecule has 0 aliphatic rings. The summed E-state index contributed by atoms with van der Waals surface area (Å²) in [6, 6.07) is 16.1. The third-order valence-electron chi connectivity index (χ3n) is 4.14. The number of hydrogen-bond donors (Lipinski definition) is 1. The van der Waals surface area contributed by atoms with Crippen molar-refractivity contribution in [3.63, 3.8) is 0 Å². The number of hydrogen-bond acceptors (Lipinski definition) is 3. The molecule has 134 valence electrons. The average Bonchev–Trinajstić information content (AvgIpc) is 2.63. The van der Waals surface area contributed by atoms with Crippen molar-refractivity contribution >= 4 is 23.4 Å². The summed E-state index contributed by atoms with van der Waals surface area (Å²) >= 11 is 1.60. The van der Waals surface area contributed by atoms with Crippen molar-refractivity contribution in [2.75, 3.05) is 17.7 Å². The molecule has 0 aromatic heterocycles. The van der Waals surface area contributed by atoms with Crippen molar-refractivity contribution in [1.82, 2.24) is 0 Å². The lowest BCUT2D eigenvalue weighted by Gasteiger charge is -2.15. The van der Waals surface area contributed by atoms with Crippen LogP contribution in [-0.2, 0) is 10.5 Å². The first kappa shape index (κ1) is 19.4. The molecule has 2 rings (SSSR count). The van der Waals surface area contributed by atoms with Crippen LogP contribution >= 0.6 is 11.8 Å². The number of rotatable bonds is 9. The summed E-state index contributed by atoms with van der Waals surface area (Å²) in [7, 11) is 0. The van der Waals surface area contributed by atoms with Gasteiger partial charge in [0.25, 0.3) is 0 Å². The molecule has 1 amide bonds. The lowest BCUT2D eigenvalue weighted by Crippen LogP contribution is -2.16. The fourth-order valence-electron chi connectivity index (χ4n) is 2.62. The molecule has 0 bridgehead atoms. The molecule has 25 heavy (non-hydrogen) atoms. The fraction of sp³-hybridized carbons (Fsp3) is 0.381. The maximum absolute atomic E-state index is 12.3. The average molecular weight is 358 g/mol. The van der Waals surface area contributed by atoms with Gasteiger partial charge in [0.15, 0.2) is 0 Å². The maximum atomic E-state index is 12.3. The van der Waals surface area contributed by atoms with Gasteiger partial charge in [-0.1, -0.05) is 50.2 Å². The van der Waals surface area contributed by atoms with Gasteiger partial charge in [0.1, 0.15) is 5.75 Å². The molecular formula is C21H27NO2S. The first-order chi connectivity index (χ1) is 12.2. The number of carbonyl (C=O) groups excluding carboxylic acids is 1. The van der Waals surface area contributed by atoms with Crippen LogP contribution in [0.4, 0.5) is 5.69 Å². The van der Waals surface area contributed by atoms with Gasteiger partial charge in [0.2, 0.25) is 5.91 Å². The second-order valence-electron chi connectivity index (χ2n) is 5.98. The minimum Gasteiger partial charge on any atom is -0.494 e. The van der Waals surface area contributed by atoms with E-state index in [1.54, 1.807) is 11.8 Å². The summed E-state index contributed by atoms with van der Waals surface area (Å²) in [5.41, 5.74) is 3.25. The summed E-state index contributed by atoms with van der Waals surface area (Å²) in [6.45, 7) is 6.97. The van der Waals surface area contributed by atoms with Crippen molar-refractivity contribution in [3.8, 4) is 5.75 Å². The van der Waals surface area contributed by atoms with E-state index in [0.29, 0.717) is 18.3 Å². The predicted molar refractivity (Wildman–Crippen MR) is 108 cm³/mol. The standard InChI is InChI=1S/C21H27NO2S/c1-4-16(3)18-11-7-8-12-19(18)22-21(23)15-25-14-17-10-6-9-13-20(17)24-5-2/h6-13,16H,4-5,14-15H2,1-3H3,(H,22,23)/t16-/m0/s1. The first-order valence-corrected chi connectivity index (χ1v) is 9.98. The highest BCUT2D eigenvalue weighted by molar-refractivity contribution is 7.99. The van der Waals surface area contributed by atoms with Crippen LogP contribution in [0.1, 0.15) is 44.2 Å². The molecule has 3 nitrogen and oxygen atoms in total. The SMILES string of the molecule is CCOc1ccccc1CSCC(=O)Nc1ccccc1[C@@H](C)CC. The molecule has 2 aromatic rings. The van der Waals surface area contributed by atoms with Crippen molar-refractivity contribution in [1.29, 1.82) is 0 Å². The molecule has 0 aliphatic heterocycles. The number of carbonyl (C=O) groups is 1. The lowest BCUT2D eigenvalue weighted by molar-refractivity contribution is -0.113. The largest absolute Gasteiger partial charge is 0.494 e. The van der Waals surface area contributed by atoms with Gasteiger partial charge in [-0.2, -0.15) is 0 Å². The van der Waals surface area contributed by atoms with E-state index in [1.165, 1.54) is 5.56 Å². The van der Waals surface area contributed by atoms with Crippen molar-refractivity contribution in [3.05, 3.63) is 59.7 Å². The first-order valence-electron chi connectivity index (χ1n) is 8.82. The van der Waals surface area contributed by atoms with E-state index in [1.807, 2.05) is 49.4 Å². The summed E-state index contributed by atoms with van der Waals surface area (Å²) in [5, 5.41) is 3.06. The molecule has 4 heteroatoms. The van der Waals surface area contributed by atoms with Crippen LogP contribution in [0.25, 0.3) is 0 Å². The van der Waals surface area contributed by atoms with Crippen molar-refractivity contribution in [2.45, 2.75) is 38.9 Å². The summed E-state index contributed by atoms with van der Waals surface area (Å²) in [4.78, 5) is 12.3. The second kappa shape index (κ2) is 10.1. The molecular weight excluding hydrogens is 330 g/mol. The van der Waals surface area contributed by atoms with Crippen LogP contribution in [0.3, 0.4) is 0 Å². The highest BCUT2D eigenvalue weighted by Crippen LogP contribution is 2.27. The minimum atomic E-state index is 0.0367. The molecule has 2 aromatic carbocycles. The minimum absolute atomic E-state index is 0.0367. The van der Waals surface area contributed by atoms with E-state index < -0.39 is 0 Å². The molecule has 0 spiro atoms. The summed E-state index contributed by atoms with van der Waals surface area (Å²) < 4.78 is 5.63. The molecule has 1 N–H and O–H groups in total. The van der Waals surface area contributed by atoms with Gasteiger partial charge in [-0.05, 0) is 37.0 Å². The predicted octanol–water partition coefficient (Wildman–Crippen LogP) is 5.47. The molecule has 0 fully saturated rings. The number of benzene rings is 2. The van der Waals surface area contributed by atoms with Crippen molar-refractivity contribution < 1.29 is 9.53 Å². The van der Waals surface area contributed by atoms with Crippen LogP contribution in [-0.4, -0.2) is 18.3 Å². The Morgan fingerprint density at radius 1 is 1.12 bits per heavy atom. The van der Waals surface area contributed by atoms with Crippen molar-refractivity contribution in [2.24, 2.45) is 0 Å². The zero-order valence-corrected chi connectivity index (χ0v) is 16.1. The Morgan fingerprint density at radius 3 is 2.60 bits per heavy atom. The second-order valence-corrected chi connectivity index (χ2v) is 6.96. The van der Waals surface area contributed by atoms with E-state index >= 15 is 0 Å². The summed E-state index contributed by atoms with van der Waals surface area (Å²) in [5.74, 6) is 2.56. The van der Waals surface area contributed by atoms with Crippen LogP contribution in [0.5, 0.6) is 5.75 Å². The third-order valence-corrected chi connectivity index (χ3v) is 5.12. The maximum Gasteiger partial charge on any atom is 0.234 e. The van der Waals surface area contributed by atoms with Gasteiger partial charge < -0.3 is 10.1 Å². The number of thioether (sulfide) groups is 1. The number of anilines is 1. The smallest absolute Gasteiger partial charge is 0.234 e. The van der Waals surface area contributed by atoms with Gasteiger partial charge in [0, 0.05) is 17.0 Å². The van der Waals surface area contributed by atoms with Gasteiger partial charge in [-0.15, -0.1) is 11.8 Å². The van der Waals surface area contributed by atoms with E-state index in [2.05, 4.69) is 25.2 Å². The van der Waals surface area contributed by atoms with E-state index in [-0.39, 0.29) is 5.91 Å². The van der Waals surface area contributed by atoms with Gasteiger partial charge in [-0.25, -0.2) is 0 Å². The third kappa shape index (κ3) is 5.82. The molecule has 0 aliphatic carbocycles. The Hall–Kier alpha value is -1.94. The molecule has 1 atom stereocenters. The number of nitrogens with one attached hydrogen (secondary N) is 1. The van der Waals surface area contributed by atoms with Crippen LogP contribution in [0, 0.1) is 0 Å². The molecule has 0 unspecified atom stereocenters. The Morgan fingerprint density at radius 2 is 1.84 bits per heavy atom. The van der Waals surface area contributed by atoms with Gasteiger partial charge in [-0.3, -0.25) is 4.79 Å². The van der Waals surface area contributed by atoms with Crippen LogP contribution in [0.15, 0.2) is 48.5 Å². The molecule has 0 radical (unpaired) electrons. The Bertz CT molecular complexity index is 687. The molecule has 0 saturated carbocycles. The van der Waals surface area contributed by atoms with E-state index in [4.69, 9.17) is 4.74 Å². The lowest BCUT2D eigenvalue weighted by atomic mass is 9.97. The van der Waals surface area contributed by atoms with Crippen LogP contribution in [0.2, 0.25) is 0 Å². The Kier molecular flexibility index (Phi) is 7.86.